The molecule has 0 aliphatic heterocycles. The highest BCUT2D eigenvalue weighted by Crippen LogP contribution is 2.46. The molecule has 5 rings (SSSR count). The number of anilines is 1. The molecule has 14 heteroatoms. The first-order valence-corrected chi connectivity index (χ1v) is 13.2. The Kier molecular flexibility index (Phi) is 6.95. The third kappa shape index (κ3) is 5.26. The fourth-order valence-corrected chi connectivity index (χ4v) is 6.08. The maximum Gasteiger partial charge on any atom is 0.433 e. The predicted molar refractivity (Wildman–Crippen MR) is 139 cm³/mol. The number of nitrogens with zero attached hydrogens (tertiary/aromatic N) is 3. The molecule has 1 aliphatic rings. The molecule has 1 fully saturated rings. The van der Waals surface area contributed by atoms with Gasteiger partial charge < -0.3 is 11.1 Å². The summed E-state index contributed by atoms with van der Waals surface area (Å²) in [6.45, 7) is 1.35. The van der Waals surface area contributed by atoms with E-state index in [0.29, 0.717) is 22.6 Å². The zero-order valence-electron chi connectivity index (χ0n) is 20.1. The normalized spacial score (nSPS) is 13.8. The highest BCUT2D eigenvalue weighted by molar-refractivity contribution is 9.10. The Hall–Kier alpha value is -3.39. The summed E-state index contributed by atoms with van der Waals surface area (Å²) in [5.41, 5.74) is 5.59. The van der Waals surface area contributed by atoms with Gasteiger partial charge in [0.2, 0.25) is 5.91 Å². The van der Waals surface area contributed by atoms with Crippen LogP contribution in [0.15, 0.2) is 34.8 Å². The Bertz CT molecular complexity index is 1610. The monoisotopic (exact) mass is 627 g/mol. The van der Waals surface area contributed by atoms with Crippen LogP contribution < -0.4 is 11.1 Å². The van der Waals surface area contributed by atoms with E-state index in [1.807, 2.05) is 6.92 Å². The van der Waals surface area contributed by atoms with E-state index in [1.165, 1.54) is 4.68 Å². The van der Waals surface area contributed by atoms with Gasteiger partial charge in [-0.3, -0.25) is 14.3 Å². The summed E-state index contributed by atoms with van der Waals surface area (Å²) in [7, 11) is 0. The van der Waals surface area contributed by atoms with Gasteiger partial charge in [0.1, 0.15) is 27.6 Å². The van der Waals surface area contributed by atoms with Crippen LogP contribution in [-0.4, -0.2) is 26.6 Å². The first kappa shape index (κ1) is 27.2. The lowest BCUT2D eigenvalue weighted by molar-refractivity contribution is -0.140. The lowest BCUT2D eigenvalue weighted by atomic mass is 10.00. The van der Waals surface area contributed by atoms with Gasteiger partial charge in [0.25, 0.3) is 12.3 Å². The van der Waals surface area contributed by atoms with Crippen molar-refractivity contribution in [1.29, 1.82) is 0 Å². The van der Waals surface area contributed by atoms with E-state index >= 15 is 0 Å². The van der Waals surface area contributed by atoms with Crippen LogP contribution in [0, 0.1) is 6.92 Å². The minimum atomic E-state index is -4.77. The molecule has 204 valence electrons. The van der Waals surface area contributed by atoms with Gasteiger partial charge in [0.15, 0.2) is 0 Å². The smallest absolute Gasteiger partial charge is 0.365 e. The molecule has 0 saturated heterocycles. The second-order valence-corrected chi connectivity index (χ2v) is 10.9. The Morgan fingerprint density at radius 3 is 2.46 bits per heavy atom. The Morgan fingerprint density at radius 2 is 1.90 bits per heavy atom. The number of amides is 2. The Labute approximate surface area is 230 Å². The molecule has 1 aromatic carbocycles. The quantitative estimate of drug-likeness (QED) is 0.220. The maximum absolute atomic E-state index is 13.7. The number of fused-ring (bicyclic) bond motifs is 1. The largest absolute Gasteiger partial charge is 0.433 e. The van der Waals surface area contributed by atoms with Crippen LogP contribution in [0.25, 0.3) is 21.3 Å². The number of halogens is 6. The van der Waals surface area contributed by atoms with E-state index in [9.17, 15) is 31.5 Å². The average Bonchev–Trinajstić information content (AvgIpc) is 3.54. The third-order valence-corrected chi connectivity index (χ3v) is 8.13. The number of rotatable bonds is 7. The van der Waals surface area contributed by atoms with Gasteiger partial charge in [-0.15, -0.1) is 11.3 Å². The minimum absolute atomic E-state index is 0.0338. The van der Waals surface area contributed by atoms with E-state index in [1.54, 1.807) is 24.3 Å². The van der Waals surface area contributed by atoms with Crippen LogP contribution in [0.1, 0.15) is 57.5 Å². The van der Waals surface area contributed by atoms with Crippen molar-refractivity contribution in [2.45, 2.75) is 44.8 Å². The highest BCUT2D eigenvalue weighted by atomic mass is 79.9. The number of aromatic nitrogens is 3. The first-order valence-electron chi connectivity index (χ1n) is 11.6. The first-order chi connectivity index (χ1) is 18.3. The molecule has 39 heavy (non-hydrogen) atoms. The summed E-state index contributed by atoms with van der Waals surface area (Å²) in [6.07, 6.45) is -6.14. The van der Waals surface area contributed by atoms with E-state index < -0.39 is 42.3 Å². The van der Waals surface area contributed by atoms with Crippen molar-refractivity contribution in [3.63, 3.8) is 0 Å². The van der Waals surface area contributed by atoms with Gasteiger partial charge in [-0.25, -0.2) is 13.8 Å². The summed E-state index contributed by atoms with van der Waals surface area (Å²) in [6, 6.07) is 7.51. The number of pyridine rings is 1. The van der Waals surface area contributed by atoms with E-state index in [2.05, 4.69) is 31.3 Å². The molecule has 1 saturated carbocycles. The molecule has 4 aromatic rings. The number of carbonyl (C=O) groups is 2. The van der Waals surface area contributed by atoms with Gasteiger partial charge in [0, 0.05) is 11.3 Å². The minimum Gasteiger partial charge on any atom is -0.365 e. The number of hydrogen-bond donors (Lipinski definition) is 2. The standard InChI is InChI=1S/C25H19BrF5N5O2S/c1-10-2-4-11(5-3-10)13-8-14(25(29,30)31)33-24-16(13)18(21(39-24)23(32)38)34-15(37)9-36-20(12-6-7-12)17(26)19(35-36)22(27)28/h2-5,8,12,22H,6-7,9H2,1H3,(H2,32,38)(H,34,37). The third-order valence-electron chi connectivity index (χ3n) is 6.22. The topological polar surface area (TPSA) is 103 Å². The summed E-state index contributed by atoms with van der Waals surface area (Å²) in [5, 5.41) is 6.59. The molecule has 1 aliphatic carbocycles. The number of thiophene rings is 1. The molecular weight excluding hydrogens is 609 g/mol. The van der Waals surface area contributed by atoms with Gasteiger partial charge in [-0.1, -0.05) is 29.8 Å². The molecule has 3 aromatic heterocycles. The highest BCUT2D eigenvalue weighted by Gasteiger charge is 2.36. The lowest BCUT2D eigenvalue weighted by Gasteiger charge is -2.13. The van der Waals surface area contributed by atoms with E-state index in [-0.39, 0.29) is 36.7 Å². The van der Waals surface area contributed by atoms with Gasteiger partial charge >= 0.3 is 6.18 Å². The van der Waals surface area contributed by atoms with Crippen LogP contribution in [-0.2, 0) is 17.5 Å². The molecule has 3 heterocycles. The van der Waals surface area contributed by atoms with Crippen molar-refractivity contribution >= 4 is 55.0 Å². The SMILES string of the molecule is Cc1ccc(-c2cc(C(F)(F)F)nc3sc(C(N)=O)c(NC(=O)Cn4nc(C(F)F)c(Br)c4C4CC4)c23)cc1. The molecule has 2 amide bonds. The molecule has 0 radical (unpaired) electrons. The molecule has 0 atom stereocenters. The molecule has 0 spiro atoms. The maximum atomic E-state index is 13.7. The Morgan fingerprint density at radius 1 is 1.23 bits per heavy atom. The van der Waals surface area contributed by atoms with Crippen molar-refractivity contribution in [2.75, 3.05) is 5.32 Å². The van der Waals surface area contributed by atoms with Crippen molar-refractivity contribution < 1.29 is 31.5 Å². The van der Waals surface area contributed by atoms with E-state index in [0.717, 1.165) is 24.5 Å². The number of aryl methyl sites for hydroxylation is 1. The lowest BCUT2D eigenvalue weighted by Crippen LogP contribution is -2.22. The Balaban J connectivity index is 1.62. The number of primary amides is 1. The van der Waals surface area contributed by atoms with Crippen LogP contribution >= 0.6 is 27.3 Å². The zero-order chi connectivity index (χ0) is 28.2. The van der Waals surface area contributed by atoms with Crippen molar-refractivity contribution in [3.8, 4) is 11.1 Å². The molecular formula is C25H19BrF5N5O2S. The fourth-order valence-electron chi connectivity index (χ4n) is 4.29. The molecule has 0 unspecified atom stereocenters. The summed E-state index contributed by atoms with van der Waals surface area (Å²) >= 11 is 3.79. The number of hydrogen-bond acceptors (Lipinski definition) is 5. The van der Waals surface area contributed by atoms with Gasteiger partial charge in [-0.05, 0) is 52.9 Å². The van der Waals surface area contributed by atoms with Gasteiger partial charge in [0.05, 0.1) is 15.9 Å². The number of nitrogens with two attached hydrogens (primary N) is 1. The number of alkyl halides is 5. The van der Waals surface area contributed by atoms with Crippen LogP contribution in [0.4, 0.5) is 27.6 Å². The van der Waals surface area contributed by atoms with Crippen LogP contribution in [0.5, 0.6) is 0 Å². The van der Waals surface area contributed by atoms with E-state index in [4.69, 9.17) is 5.73 Å². The molecule has 7 nitrogen and oxygen atoms in total. The second kappa shape index (κ2) is 9.97. The molecule has 3 N–H and O–H groups in total. The molecule has 0 bridgehead atoms. The second-order valence-electron chi connectivity index (χ2n) is 9.13. The van der Waals surface area contributed by atoms with Gasteiger partial charge in [-0.2, -0.15) is 18.3 Å². The number of benzene rings is 1. The van der Waals surface area contributed by atoms with Crippen molar-refractivity contribution in [2.24, 2.45) is 5.73 Å². The summed E-state index contributed by atoms with van der Waals surface area (Å²) in [5.74, 6) is -1.74. The average molecular weight is 628 g/mol. The summed E-state index contributed by atoms with van der Waals surface area (Å²) in [4.78, 5) is 28.9. The number of carbonyl (C=O) groups excluding carboxylic acids is 2. The predicted octanol–water partition coefficient (Wildman–Crippen LogP) is 6.80. The van der Waals surface area contributed by atoms with Crippen molar-refractivity contribution in [3.05, 3.63) is 62.3 Å². The fraction of sp³-hybridized carbons (Fsp3) is 0.280. The van der Waals surface area contributed by atoms with Crippen molar-refractivity contribution in [1.82, 2.24) is 14.8 Å². The zero-order valence-corrected chi connectivity index (χ0v) is 22.5. The number of nitrogens with one attached hydrogen (secondary N) is 1. The van der Waals surface area contributed by atoms with Crippen LogP contribution in [0.3, 0.4) is 0 Å². The summed E-state index contributed by atoms with van der Waals surface area (Å²) < 4.78 is 69.4. The van der Waals surface area contributed by atoms with Crippen LogP contribution in [0.2, 0.25) is 0 Å².